The molecule has 0 amide bonds. The van der Waals surface area contributed by atoms with Crippen molar-refractivity contribution in [3.05, 3.63) is 59.4 Å². The van der Waals surface area contributed by atoms with Gasteiger partial charge in [-0.2, -0.15) is 9.97 Å². The summed E-state index contributed by atoms with van der Waals surface area (Å²) in [6.45, 7) is 10.2. The maximum atomic E-state index is 14.1. The highest BCUT2D eigenvalue weighted by Crippen LogP contribution is 2.45. The van der Waals surface area contributed by atoms with Crippen LogP contribution in [0.1, 0.15) is 39.1 Å². The Balaban J connectivity index is 0.000000166. The standard InChI is InChI=1S/2C21H25FN6O4S/c1-21(2,33(4,29)30)17-16-18(27-7-8-31-10-13(27)11-32-16)26-20(25-17)28-15-6-5-12(22)9-14(15)24-19(28)23-3;1-21(2,33(4,29)30)17-16-18(27-7-8-31-10-13(27)11-32-16)26-20(25-17)28-15-9-12(22)5-6-14(15)24-19(28)23-3/h2*5-6,9,13H,7-8,10-11H2,1-4H3,(H,23,24)/t2*13-/m00/s1. The fourth-order valence-electron chi connectivity index (χ4n) is 8.22. The van der Waals surface area contributed by atoms with Crippen molar-refractivity contribution in [2.45, 2.75) is 49.3 Å². The third kappa shape index (κ3) is 7.55. The predicted molar refractivity (Wildman–Crippen MR) is 243 cm³/mol. The molecule has 2 atom stereocenters. The SMILES string of the molecule is CNc1nc2cc(F)ccc2n1-c1nc2c(c(C(C)(C)S(C)(=O)=O)n1)OC[C@@H]1COCCN21.CNc1nc2ccc(F)cc2n1-c1nc2c(c(C(C)(C)S(C)(=O)=O)n1)OC[C@@H]1COCCN21. The van der Waals surface area contributed by atoms with Gasteiger partial charge >= 0.3 is 0 Å². The molecule has 0 unspecified atom stereocenters. The van der Waals surface area contributed by atoms with Gasteiger partial charge in [0.05, 0.1) is 60.6 Å². The second kappa shape index (κ2) is 16.4. The van der Waals surface area contributed by atoms with Crippen LogP contribution in [-0.4, -0.2) is 147 Å². The van der Waals surface area contributed by atoms with Crippen LogP contribution in [0.2, 0.25) is 0 Å². The van der Waals surface area contributed by atoms with E-state index in [0.717, 1.165) is 0 Å². The lowest BCUT2D eigenvalue weighted by Crippen LogP contribution is -2.52. The van der Waals surface area contributed by atoms with Crippen LogP contribution < -0.4 is 29.9 Å². The van der Waals surface area contributed by atoms with Crippen molar-refractivity contribution >= 4 is 65.3 Å². The molecule has 2 saturated heterocycles. The molecule has 20 nitrogen and oxygen atoms in total. The maximum absolute atomic E-state index is 14.1. The molecular formula is C42H50F2N12O8S2. The summed E-state index contributed by atoms with van der Waals surface area (Å²) in [5, 5.41) is 5.99. The molecule has 2 aromatic carbocycles. The Morgan fingerprint density at radius 2 is 1.06 bits per heavy atom. The van der Waals surface area contributed by atoms with E-state index in [2.05, 4.69) is 35.4 Å². The molecule has 0 bridgehead atoms. The van der Waals surface area contributed by atoms with Crippen molar-refractivity contribution in [2.75, 3.05) is 99.8 Å². The summed E-state index contributed by atoms with van der Waals surface area (Å²) in [5.74, 6) is 2.04. The molecule has 66 heavy (non-hydrogen) atoms. The molecule has 352 valence electrons. The number of benzene rings is 2. The number of hydrogen-bond donors (Lipinski definition) is 2. The van der Waals surface area contributed by atoms with Crippen LogP contribution in [0, 0.1) is 11.6 Å². The quantitative estimate of drug-likeness (QED) is 0.222. The van der Waals surface area contributed by atoms with Crippen LogP contribution in [0.4, 0.5) is 32.3 Å². The minimum Gasteiger partial charge on any atom is -0.486 e. The van der Waals surface area contributed by atoms with E-state index in [1.54, 1.807) is 63.1 Å². The van der Waals surface area contributed by atoms with E-state index in [1.165, 1.54) is 36.8 Å². The largest absolute Gasteiger partial charge is 0.486 e. The summed E-state index contributed by atoms with van der Waals surface area (Å²) >= 11 is 0. The molecule has 4 aromatic heterocycles. The van der Waals surface area contributed by atoms with Gasteiger partial charge in [0.1, 0.15) is 45.7 Å². The van der Waals surface area contributed by atoms with E-state index in [9.17, 15) is 25.6 Å². The van der Waals surface area contributed by atoms with Crippen LogP contribution in [0.25, 0.3) is 34.0 Å². The third-order valence-electron chi connectivity index (χ3n) is 12.6. The van der Waals surface area contributed by atoms with Gasteiger partial charge in [-0.15, -0.1) is 0 Å². The number of sulfone groups is 2. The summed E-state index contributed by atoms with van der Waals surface area (Å²) in [4.78, 5) is 32.1. The maximum Gasteiger partial charge on any atom is 0.239 e. The van der Waals surface area contributed by atoms with Crippen molar-refractivity contribution in [2.24, 2.45) is 0 Å². The van der Waals surface area contributed by atoms with Crippen molar-refractivity contribution in [3.63, 3.8) is 0 Å². The molecule has 6 aromatic rings. The number of anilines is 4. The van der Waals surface area contributed by atoms with Gasteiger partial charge in [0.2, 0.25) is 23.8 Å². The molecule has 10 rings (SSSR count). The first-order chi connectivity index (χ1) is 31.2. The average molecular weight is 953 g/mol. The number of morpholine rings is 2. The molecule has 8 heterocycles. The minimum atomic E-state index is -3.58. The van der Waals surface area contributed by atoms with Gasteiger partial charge in [-0.05, 0) is 52.0 Å². The van der Waals surface area contributed by atoms with Crippen LogP contribution in [0.15, 0.2) is 36.4 Å². The molecule has 0 aliphatic carbocycles. The molecule has 24 heteroatoms. The van der Waals surface area contributed by atoms with Crippen molar-refractivity contribution in [3.8, 4) is 23.4 Å². The summed E-state index contributed by atoms with van der Waals surface area (Å²) in [5.41, 5.74) is 2.52. The molecule has 2 fully saturated rings. The van der Waals surface area contributed by atoms with Crippen molar-refractivity contribution in [1.29, 1.82) is 0 Å². The van der Waals surface area contributed by atoms with Gasteiger partial charge in [-0.3, -0.25) is 0 Å². The number of nitrogens with zero attached hydrogens (tertiary/aromatic N) is 10. The Morgan fingerprint density at radius 1 is 0.606 bits per heavy atom. The summed E-state index contributed by atoms with van der Waals surface area (Å²) in [6, 6.07) is 8.41. The fraction of sp³-hybridized carbons (Fsp3) is 0.476. The highest BCUT2D eigenvalue weighted by molar-refractivity contribution is 7.91. The number of nitrogens with one attached hydrogen (secondary N) is 2. The first kappa shape index (κ1) is 45.2. The van der Waals surface area contributed by atoms with Gasteiger partial charge in [0.15, 0.2) is 42.8 Å². The van der Waals surface area contributed by atoms with Crippen molar-refractivity contribution < 1.29 is 44.6 Å². The first-order valence-electron chi connectivity index (χ1n) is 21.1. The second-order valence-electron chi connectivity index (χ2n) is 17.4. The van der Waals surface area contributed by atoms with E-state index in [1.807, 2.05) is 0 Å². The van der Waals surface area contributed by atoms with E-state index in [-0.39, 0.29) is 35.4 Å². The fourth-order valence-corrected chi connectivity index (χ4v) is 9.20. The molecule has 0 radical (unpaired) electrons. The smallest absolute Gasteiger partial charge is 0.239 e. The van der Waals surface area contributed by atoms with E-state index in [4.69, 9.17) is 33.9 Å². The predicted octanol–water partition coefficient (Wildman–Crippen LogP) is 3.75. The van der Waals surface area contributed by atoms with E-state index < -0.39 is 40.8 Å². The van der Waals surface area contributed by atoms with Gasteiger partial charge in [-0.25, -0.2) is 54.7 Å². The number of imidazole rings is 2. The summed E-state index contributed by atoms with van der Waals surface area (Å²) < 4.78 is 103. The lowest BCUT2D eigenvalue weighted by atomic mass is 10.1. The Labute approximate surface area is 379 Å². The number of ether oxygens (including phenoxy) is 4. The molecule has 2 N–H and O–H groups in total. The second-order valence-corrected chi connectivity index (χ2v) is 22.5. The Hall–Kier alpha value is -5.98. The molecular weight excluding hydrogens is 903 g/mol. The van der Waals surface area contributed by atoms with Crippen LogP contribution in [0.3, 0.4) is 0 Å². The molecule has 4 aliphatic rings. The van der Waals surface area contributed by atoms with Crippen molar-refractivity contribution in [1.82, 2.24) is 39.0 Å². The van der Waals surface area contributed by atoms with Gasteiger partial charge in [0, 0.05) is 51.8 Å². The number of fused-ring (bicyclic) bond motifs is 8. The first-order valence-corrected chi connectivity index (χ1v) is 24.9. The number of hydrogen-bond acceptors (Lipinski definition) is 18. The number of halogens is 2. The Morgan fingerprint density at radius 3 is 1.55 bits per heavy atom. The Kier molecular flexibility index (Phi) is 11.2. The molecule has 0 saturated carbocycles. The van der Waals surface area contributed by atoms with E-state index >= 15 is 0 Å². The minimum absolute atomic E-state index is 0.0411. The zero-order valence-electron chi connectivity index (χ0n) is 37.6. The Bertz CT molecular complexity index is 3130. The number of aromatic nitrogens is 8. The lowest BCUT2D eigenvalue weighted by molar-refractivity contribution is 0.0690. The summed E-state index contributed by atoms with van der Waals surface area (Å²) in [7, 11) is -3.77. The van der Waals surface area contributed by atoms with Gasteiger partial charge in [-0.1, -0.05) is 0 Å². The number of rotatable bonds is 8. The molecule has 0 spiro atoms. The van der Waals surface area contributed by atoms with Crippen LogP contribution in [0.5, 0.6) is 11.5 Å². The lowest BCUT2D eigenvalue weighted by Gasteiger charge is -2.41. The monoisotopic (exact) mass is 952 g/mol. The van der Waals surface area contributed by atoms with Crippen LogP contribution in [-0.2, 0) is 38.6 Å². The van der Waals surface area contributed by atoms with Crippen LogP contribution >= 0.6 is 0 Å². The van der Waals surface area contributed by atoms with E-state index in [0.29, 0.717) is 110 Å². The highest BCUT2D eigenvalue weighted by Gasteiger charge is 2.45. The summed E-state index contributed by atoms with van der Waals surface area (Å²) in [6.07, 6.45) is 2.35. The average Bonchev–Trinajstić information content (AvgIpc) is 3.85. The van der Waals surface area contributed by atoms with Gasteiger partial charge < -0.3 is 39.4 Å². The third-order valence-corrected chi connectivity index (χ3v) is 16.7. The normalized spacial score (nSPS) is 18.6. The zero-order chi connectivity index (χ0) is 47.1. The van der Waals surface area contributed by atoms with Gasteiger partial charge in [0.25, 0.3) is 0 Å². The molecule has 4 aliphatic heterocycles. The zero-order valence-corrected chi connectivity index (χ0v) is 39.2. The highest BCUT2D eigenvalue weighted by atomic mass is 32.2. The topological polar surface area (TPSA) is 223 Å².